The number of aliphatic hydroxyl groups excluding tert-OH is 1. The Hall–Kier alpha value is -1.40. The van der Waals surface area contributed by atoms with Gasteiger partial charge in [0.2, 0.25) is 5.60 Å². The number of nitrogens with zero attached hydrogens (tertiary/aromatic N) is 2. The van der Waals surface area contributed by atoms with Gasteiger partial charge in [0.25, 0.3) is 0 Å². The van der Waals surface area contributed by atoms with Gasteiger partial charge in [0.1, 0.15) is 12.2 Å². The molecule has 3 rings (SSSR count). The molecule has 9 nitrogen and oxygen atoms in total. The lowest BCUT2D eigenvalue weighted by atomic mass is 9.73. The van der Waals surface area contributed by atoms with Crippen LogP contribution >= 0.6 is 39.1 Å². The second-order valence-electron chi connectivity index (χ2n) is 7.12. The van der Waals surface area contributed by atoms with Gasteiger partial charge in [0.05, 0.1) is 21.1 Å². The van der Waals surface area contributed by atoms with Crippen molar-refractivity contribution in [2.24, 2.45) is 0 Å². The van der Waals surface area contributed by atoms with Crippen molar-refractivity contribution in [3.8, 4) is 0 Å². The summed E-state index contributed by atoms with van der Waals surface area (Å²) in [6.07, 6.45) is -5.68. The molecule has 1 saturated heterocycles. The summed E-state index contributed by atoms with van der Waals surface area (Å²) < 4.78 is 6.87. The number of carbonyl (C=O) groups excluding carboxylic acids is 3. The molecule has 12 heteroatoms. The van der Waals surface area contributed by atoms with Crippen LogP contribution in [-0.4, -0.2) is 65.6 Å². The zero-order valence-corrected chi connectivity index (χ0v) is 19.0. The largest absolute Gasteiger partial charge is 0.382 e. The van der Waals surface area contributed by atoms with E-state index in [1.165, 1.54) is 16.7 Å². The molecule has 0 aliphatic carbocycles. The highest BCUT2D eigenvalue weighted by atomic mass is 79.9. The third-order valence-corrected chi connectivity index (χ3v) is 6.61. The highest BCUT2D eigenvalue weighted by molar-refractivity contribution is 9.10. The summed E-state index contributed by atoms with van der Waals surface area (Å²) in [5.41, 5.74) is -5.26. The van der Waals surface area contributed by atoms with Crippen molar-refractivity contribution in [1.82, 2.24) is 9.55 Å². The van der Waals surface area contributed by atoms with Crippen LogP contribution in [0.4, 0.5) is 0 Å². The highest BCUT2D eigenvalue weighted by Crippen LogP contribution is 2.50. The maximum atomic E-state index is 12.6. The first-order valence-corrected chi connectivity index (χ1v) is 10.2. The van der Waals surface area contributed by atoms with Gasteiger partial charge in [-0.15, -0.1) is 0 Å². The second kappa shape index (κ2) is 7.63. The predicted octanol–water partition coefficient (Wildman–Crippen LogP) is 1.59. The molecule has 1 aliphatic heterocycles. The quantitative estimate of drug-likeness (QED) is 0.537. The van der Waals surface area contributed by atoms with Crippen LogP contribution < -0.4 is 0 Å². The molecule has 0 amide bonds. The molecule has 0 bridgehead atoms. The summed E-state index contributed by atoms with van der Waals surface area (Å²) in [7, 11) is 0. The van der Waals surface area contributed by atoms with Crippen molar-refractivity contribution >= 4 is 67.5 Å². The number of aromatic nitrogens is 2. The number of rotatable bonds is 5. The molecule has 1 aromatic carbocycles. The van der Waals surface area contributed by atoms with E-state index in [4.69, 9.17) is 27.9 Å². The Bertz CT molecular complexity index is 1090. The minimum absolute atomic E-state index is 0.0457. The van der Waals surface area contributed by atoms with Crippen LogP contribution in [0.25, 0.3) is 11.0 Å². The molecule has 1 fully saturated rings. The SMILES string of the molecule is CC(=O)C(O)[C@H]1O[C@@H](n2c(Br)nc3cc(Cl)c(Cl)cc32)[C@](O)(C(C)=O)[C@@]1(O)C(C)=O. The molecular formula is C18H17BrCl2N2O7. The molecule has 2 heterocycles. The average molecular weight is 524 g/mol. The van der Waals surface area contributed by atoms with Crippen molar-refractivity contribution in [3.05, 3.63) is 26.9 Å². The van der Waals surface area contributed by atoms with Gasteiger partial charge in [0, 0.05) is 0 Å². The second-order valence-corrected chi connectivity index (χ2v) is 8.64. The zero-order valence-electron chi connectivity index (χ0n) is 15.9. The van der Waals surface area contributed by atoms with Crippen molar-refractivity contribution in [1.29, 1.82) is 0 Å². The standard InChI is InChI=1S/C18H17BrCl2N2O7/c1-6(24)13(27)14-17(28,7(2)25)18(29,8(3)26)15(30-14)23-12-5-10(21)9(20)4-11(12)22-16(23)19/h4-5,13-15,27-29H,1-3H3/t13?,14-,15-,17-,18-/m1/s1. The normalized spacial score (nSPS) is 29.9. The van der Waals surface area contributed by atoms with Crippen LogP contribution in [0.15, 0.2) is 16.9 Å². The molecule has 1 unspecified atom stereocenters. The Labute approximate surface area is 188 Å². The number of Topliss-reactive ketones (excluding diaryl/α,β-unsaturated/α-hetero) is 3. The monoisotopic (exact) mass is 522 g/mol. The van der Waals surface area contributed by atoms with Gasteiger partial charge >= 0.3 is 0 Å². The van der Waals surface area contributed by atoms with Gasteiger partial charge in [-0.1, -0.05) is 23.2 Å². The minimum atomic E-state index is -2.93. The van der Waals surface area contributed by atoms with E-state index in [1.807, 2.05) is 0 Å². The van der Waals surface area contributed by atoms with E-state index >= 15 is 0 Å². The van der Waals surface area contributed by atoms with Gasteiger partial charge in [0.15, 0.2) is 33.9 Å². The van der Waals surface area contributed by atoms with Crippen molar-refractivity contribution in [3.63, 3.8) is 0 Å². The number of aliphatic hydroxyl groups is 3. The minimum Gasteiger partial charge on any atom is -0.382 e. The number of ketones is 3. The van der Waals surface area contributed by atoms with Crippen LogP contribution in [0.1, 0.15) is 27.0 Å². The van der Waals surface area contributed by atoms with Crippen LogP contribution in [0.5, 0.6) is 0 Å². The van der Waals surface area contributed by atoms with Crippen molar-refractivity contribution in [2.45, 2.75) is 50.4 Å². The van der Waals surface area contributed by atoms with E-state index in [-0.39, 0.29) is 20.3 Å². The Morgan fingerprint density at radius 3 is 2.17 bits per heavy atom. The van der Waals surface area contributed by atoms with Gasteiger partial charge in [-0.2, -0.15) is 0 Å². The maximum absolute atomic E-state index is 12.6. The molecule has 3 N–H and O–H groups in total. The third kappa shape index (κ3) is 3.05. The molecule has 162 valence electrons. The average Bonchev–Trinajstić information content (AvgIpc) is 3.07. The summed E-state index contributed by atoms with van der Waals surface area (Å²) in [6, 6.07) is 2.82. The Morgan fingerprint density at radius 2 is 1.67 bits per heavy atom. The Morgan fingerprint density at radius 1 is 1.13 bits per heavy atom. The van der Waals surface area contributed by atoms with Crippen LogP contribution in [0, 0.1) is 0 Å². The first kappa shape index (κ1) is 23.3. The first-order valence-electron chi connectivity index (χ1n) is 8.61. The van der Waals surface area contributed by atoms with Crippen LogP contribution in [-0.2, 0) is 19.1 Å². The molecule has 1 aromatic heterocycles. The molecule has 30 heavy (non-hydrogen) atoms. The molecular weight excluding hydrogens is 507 g/mol. The number of halogens is 3. The van der Waals surface area contributed by atoms with E-state index < -0.39 is 47.0 Å². The number of carbonyl (C=O) groups is 3. The number of ether oxygens (including phenoxy) is 1. The topological polar surface area (TPSA) is 139 Å². The van der Waals surface area contributed by atoms with E-state index in [0.717, 1.165) is 20.8 Å². The fourth-order valence-electron chi connectivity index (χ4n) is 3.70. The maximum Gasteiger partial charge on any atom is 0.206 e. The number of fused-ring (bicyclic) bond motifs is 1. The summed E-state index contributed by atoms with van der Waals surface area (Å²) in [5, 5.41) is 33.3. The Balaban J connectivity index is 2.34. The molecule has 0 spiro atoms. The summed E-state index contributed by atoms with van der Waals surface area (Å²) in [5.74, 6) is -2.94. The number of benzene rings is 1. The summed E-state index contributed by atoms with van der Waals surface area (Å²) >= 11 is 15.3. The zero-order chi connectivity index (χ0) is 22.8. The molecule has 1 aliphatic rings. The molecule has 0 saturated carbocycles. The van der Waals surface area contributed by atoms with E-state index in [0.29, 0.717) is 5.52 Å². The fourth-order valence-corrected chi connectivity index (χ4v) is 4.58. The van der Waals surface area contributed by atoms with E-state index in [2.05, 4.69) is 20.9 Å². The smallest absolute Gasteiger partial charge is 0.206 e. The van der Waals surface area contributed by atoms with Gasteiger partial charge in [-0.05, 0) is 48.8 Å². The van der Waals surface area contributed by atoms with Crippen LogP contribution in [0.3, 0.4) is 0 Å². The predicted molar refractivity (Wildman–Crippen MR) is 109 cm³/mol. The Kier molecular flexibility index (Phi) is 5.92. The first-order chi connectivity index (χ1) is 13.8. The van der Waals surface area contributed by atoms with Crippen molar-refractivity contribution < 1.29 is 34.4 Å². The van der Waals surface area contributed by atoms with E-state index in [1.54, 1.807) is 0 Å². The lowest BCUT2D eigenvalue weighted by molar-refractivity contribution is -0.184. The number of hydrogen-bond donors (Lipinski definition) is 3. The third-order valence-electron chi connectivity index (χ3n) is 5.33. The van der Waals surface area contributed by atoms with Crippen molar-refractivity contribution in [2.75, 3.05) is 0 Å². The fraction of sp³-hybridized carbons (Fsp3) is 0.444. The number of imidazole rings is 1. The van der Waals surface area contributed by atoms with Gasteiger partial charge in [-0.25, -0.2) is 4.98 Å². The van der Waals surface area contributed by atoms with Gasteiger partial charge < -0.3 is 20.1 Å². The lowest BCUT2D eigenvalue weighted by Gasteiger charge is -2.38. The molecule has 2 aromatic rings. The summed E-state index contributed by atoms with van der Waals surface area (Å²) in [4.78, 5) is 41.1. The molecule has 5 atom stereocenters. The number of hydrogen-bond acceptors (Lipinski definition) is 8. The summed E-state index contributed by atoms with van der Waals surface area (Å²) in [6.45, 7) is 2.87. The van der Waals surface area contributed by atoms with Crippen LogP contribution in [0.2, 0.25) is 10.0 Å². The van der Waals surface area contributed by atoms with Gasteiger partial charge in [-0.3, -0.25) is 19.0 Å². The highest BCUT2D eigenvalue weighted by Gasteiger charge is 2.73. The lowest BCUT2D eigenvalue weighted by Crippen LogP contribution is -2.67. The van der Waals surface area contributed by atoms with E-state index in [9.17, 15) is 29.7 Å². The molecule has 0 radical (unpaired) electrons.